The van der Waals surface area contributed by atoms with Gasteiger partial charge in [0.05, 0.1) is 0 Å². The molecule has 1 aliphatic heterocycles. The molecular weight excluding hydrogens is 299 g/mol. The fraction of sp³-hybridized carbons (Fsp3) is 1.00. The summed E-state index contributed by atoms with van der Waals surface area (Å²) in [5.74, 6) is 1.34. The fourth-order valence-corrected chi connectivity index (χ4v) is 10.5. The van der Waals surface area contributed by atoms with Gasteiger partial charge in [0.15, 0.2) is 0 Å². The number of alkyl halides is 2. The number of thioether (sulfide) groups is 2. The van der Waals surface area contributed by atoms with E-state index in [0.717, 1.165) is 8.51 Å². The van der Waals surface area contributed by atoms with Crippen molar-refractivity contribution in [3.63, 3.8) is 0 Å². The van der Waals surface area contributed by atoms with Gasteiger partial charge in [0.2, 0.25) is 0 Å². The fourth-order valence-electron chi connectivity index (χ4n) is 0.909. The molecule has 0 aromatic carbocycles. The van der Waals surface area contributed by atoms with Gasteiger partial charge in [0, 0.05) is 0 Å². The predicted molar refractivity (Wildman–Crippen MR) is 57.6 cm³/mol. The Labute approximate surface area is 95.3 Å². The Kier molecular flexibility index (Phi) is 4.58. The van der Waals surface area contributed by atoms with E-state index >= 15 is 0 Å². The van der Waals surface area contributed by atoms with Crippen molar-refractivity contribution in [2.75, 3.05) is 9.51 Å². The molecule has 0 bridgehead atoms. The predicted octanol–water partition coefficient (Wildman–Crippen LogP) is 0.274. The van der Waals surface area contributed by atoms with Crippen molar-refractivity contribution in [1.29, 1.82) is 0 Å². The second kappa shape index (κ2) is 4.78. The zero-order valence-electron chi connectivity index (χ0n) is 8.26. The molecule has 1 aliphatic rings. The van der Waals surface area contributed by atoms with Crippen molar-refractivity contribution in [2.45, 2.75) is 36.2 Å². The molecule has 0 N–H and O–H groups in total. The van der Waals surface area contributed by atoms with Crippen molar-refractivity contribution in [3.8, 4) is 0 Å². The molecule has 0 nitrogen and oxygen atoms in total. The van der Waals surface area contributed by atoms with Gasteiger partial charge in [-0.3, -0.25) is 0 Å². The van der Waals surface area contributed by atoms with Crippen LogP contribution in [-0.2, 0) is 0 Å². The van der Waals surface area contributed by atoms with Crippen LogP contribution in [0.25, 0.3) is 0 Å². The van der Waals surface area contributed by atoms with Crippen LogP contribution in [0.3, 0.4) is 0 Å². The molecule has 0 spiro atoms. The van der Waals surface area contributed by atoms with Crippen molar-refractivity contribution >= 4 is 23.5 Å². The average Bonchev–Trinajstić information content (AvgIpc) is 2.29. The third-order valence-corrected chi connectivity index (χ3v) is 11.1. The number of rotatable bonds is 2. The van der Waals surface area contributed by atoms with Crippen LogP contribution in [0, 0.1) is 5.41 Å². The third-order valence-electron chi connectivity index (χ3n) is 1.59. The van der Waals surface area contributed by atoms with Gasteiger partial charge < -0.3 is 0 Å². The van der Waals surface area contributed by atoms with Crippen molar-refractivity contribution in [3.05, 3.63) is 0 Å². The number of hydrogen-bond acceptors (Lipinski definition) is 2. The Morgan fingerprint density at radius 2 is 2.17 bits per heavy atom. The quantitative estimate of drug-likeness (QED) is 0.530. The van der Waals surface area contributed by atoms with Gasteiger partial charge in [0.25, 0.3) is 0 Å². The molecule has 0 aliphatic carbocycles. The van der Waals surface area contributed by atoms with Gasteiger partial charge in [-0.1, -0.05) is 0 Å². The number of hydrogen-bond donors (Lipinski definition) is 0. The Balaban J connectivity index is 2.23. The van der Waals surface area contributed by atoms with Crippen LogP contribution in [0.5, 0.6) is 0 Å². The first-order chi connectivity index (χ1) is 5.49. The maximum atomic E-state index is 2.40. The van der Waals surface area contributed by atoms with E-state index in [1.807, 2.05) is 0 Å². The summed E-state index contributed by atoms with van der Waals surface area (Å²) in [6.45, 7) is 9.42. The molecule has 0 amide bonds. The zero-order valence-corrected chi connectivity index (χ0v) is 12.1. The van der Waals surface area contributed by atoms with Crippen molar-refractivity contribution < 1.29 is 21.2 Å². The summed E-state index contributed by atoms with van der Waals surface area (Å²) in [6, 6.07) is 0. The molecule has 0 aromatic rings. The Morgan fingerprint density at radius 1 is 1.50 bits per heavy atom. The van der Waals surface area contributed by atoms with E-state index in [1.54, 1.807) is 0 Å². The molecule has 0 saturated carbocycles. The SMILES string of the molecule is C[C@@H]1SC[I-][C@@H]1SCC(C)(C)C. The first kappa shape index (κ1) is 11.5. The van der Waals surface area contributed by atoms with Crippen LogP contribution in [-0.4, -0.2) is 18.0 Å². The van der Waals surface area contributed by atoms with Gasteiger partial charge in [-0.15, -0.1) is 0 Å². The van der Waals surface area contributed by atoms with Gasteiger partial charge in [0.1, 0.15) is 0 Å². The molecular formula is C9H18IS2-. The molecule has 1 fully saturated rings. The van der Waals surface area contributed by atoms with Crippen LogP contribution in [0.15, 0.2) is 0 Å². The summed E-state index contributed by atoms with van der Waals surface area (Å²) in [6.07, 6.45) is 0. The molecule has 1 saturated heterocycles. The summed E-state index contributed by atoms with van der Waals surface area (Å²) >= 11 is 4.92. The first-order valence-corrected chi connectivity index (χ1v) is 9.17. The average molecular weight is 317 g/mol. The van der Waals surface area contributed by atoms with Crippen LogP contribution in [0.2, 0.25) is 0 Å². The summed E-state index contributed by atoms with van der Waals surface area (Å²) in [5.41, 5.74) is 0.515. The standard InChI is InChI=1S/C9H18IS2/c1-7-8(10-6-12-7)11-5-9(2,3)4/h7-8H,5-6H2,1-4H3/q-1/t7-,8+/m0/s1. The van der Waals surface area contributed by atoms with E-state index in [-0.39, 0.29) is 0 Å². The van der Waals surface area contributed by atoms with E-state index in [2.05, 4.69) is 51.2 Å². The summed E-state index contributed by atoms with van der Waals surface area (Å²) in [7, 11) is 0. The number of halogens is 1. The Hall–Kier alpha value is 1.43. The third kappa shape index (κ3) is 4.09. The normalized spacial score (nSPS) is 31.7. The monoisotopic (exact) mass is 317 g/mol. The molecule has 12 heavy (non-hydrogen) atoms. The van der Waals surface area contributed by atoms with Crippen LogP contribution >= 0.6 is 23.5 Å². The Bertz CT molecular complexity index is 142. The molecule has 0 radical (unpaired) electrons. The minimum atomic E-state index is 0.507. The molecule has 0 unspecified atom stereocenters. The molecule has 3 heteroatoms. The van der Waals surface area contributed by atoms with E-state index in [1.165, 1.54) is 9.51 Å². The molecule has 0 aromatic heterocycles. The summed E-state index contributed by atoms with van der Waals surface area (Å²) in [5, 5.41) is 0.935. The van der Waals surface area contributed by atoms with Gasteiger partial charge in [-0.2, -0.15) is 0 Å². The molecule has 1 heterocycles. The van der Waals surface area contributed by atoms with E-state index in [4.69, 9.17) is 0 Å². The summed E-state index contributed by atoms with van der Waals surface area (Å²) < 4.78 is 2.52. The minimum absolute atomic E-state index is 0.507. The van der Waals surface area contributed by atoms with Crippen molar-refractivity contribution in [2.24, 2.45) is 5.41 Å². The van der Waals surface area contributed by atoms with Crippen LogP contribution in [0.1, 0.15) is 27.7 Å². The van der Waals surface area contributed by atoms with Gasteiger partial charge in [-0.25, -0.2) is 0 Å². The zero-order chi connectivity index (χ0) is 9.19. The molecule has 1 rings (SSSR count). The Morgan fingerprint density at radius 3 is 2.58 bits per heavy atom. The molecule has 74 valence electrons. The maximum absolute atomic E-state index is 2.40. The van der Waals surface area contributed by atoms with Crippen LogP contribution < -0.4 is 21.2 Å². The second-order valence-corrected chi connectivity index (χ2v) is 11.7. The van der Waals surface area contributed by atoms with Gasteiger partial charge >= 0.3 is 95.9 Å². The van der Waals surface area contributed by atoms with Crippen molar-refractivity contribution in [1.82, 2.24) is 0 Å². The van der Waals surface area contributed by atoms with Gasteiger partial charge in [-0.05, 0) is 0 Å². The van der Waals surface area contributed by atoms with E-state index < -0.39 is 0 Å². The second-order valence-electron chi connectivity index (χ2n) is 4.36. The summed E-state index contributed by atoms with van der Waals surface area (Å²) in [4.78, 5) is 0. The first-order valence-electron chi connectivity index (χ1n) is 4.30. The molecule has 2 atom stereocenters. The van der Waals surface area contributed by atoms with E-state index in [9.17, 15) is 0 Å². The van der Waals surface area contributed by atoms with E-state index in [0.29, 0.717) is 26.6 Å². The van der Waals surface area contributed by atoms with Crippen LogP contribution in [0.4, 0.5) is 0 Å². The topological polar surface area (TPSA) is 0 Å².